The van der Waals surface area contributed by atoms with E-state index in [4.69, 9.17) is 4.84 Å². The van der Waals surface area contributed by atoms with Crippen LogP contribution in [0.5, 0.6) is 0 Å². The van der Waals surface area contributed by atoms with Crippen molar-refractivity contribution < 1.29 is 4.84 Å². The lowest BCUT2D eigenvalue weighted by Gasteiger charge is -2.20. The standard InChI is InChI=1S/C6H13NOS/c1-8-7-6-3-2-4-9-5-6/h6-7H,2-5H2,1H3. The van der Waals surface area contributed by atoms with Gasteiger partial charge in [0.15, 0.2) is 0 Å². The maximum Gasteiger partial charge on any atom is 0.0572 e. The second-order valence-electron chi connectivity index (χ2n) is 2.24. The summed E-state index contributed by atoms with van der Waals surface area (Å²) in [5, 5.41) is 0. The van der Waals surface area contributed by atoms with Crippen molar-refractivity contribution in [1.29, 1.82) is 0 Å². The molecule has 54 valence electrons. The SMILES string of the molecule is CONC1CCCSC1. The molecule has 0 aliphatic carbocycles. The van der Waals surface area contributed by atoms with Crippen LogP contribution >= 0.6 is 11.8 Å². The molecule has 1 aliphatic heterocycles. The average Bonchev–Trinajstić information content (AvgIpc) is 1.91. The Balaban J connectivity index is 2.08. The van der Waals surface area contributed by atoms with Crippen molar-refractivity contribution in [2.75, 3.05) is 18.6 Å². The minimum atomic E-state index is 0.591. The van der Waals surface area contributed by atoms with Crippen molar-refractivity contribution >= 4 is 11.8 Å². The molecule has 0 saturated carbocycles. The predicted octanol–water partition coefficient (Wildman–Crippen LogP) is 1.03. The molecule has 2 nitrogen and oxygen atoms in total. The Hall–Kier alpha value is 0.270. The predicted molar refractivity (Wildman–Crippen MR) is 40.5 cm³/mol. The van der Waals surface area contributed by atoms with Crippen LogP contribution in [0.2, 0.25) is 0 Å². The number of hydrogen-bond acceptors (Lipinski definition) is 3. The van der Waals surface area contributed by atoms with Crippen LogP contribution in [-0.2, 0) is 4.84 Å². The third-order valence-corrected chi connectivity index (χ3v) is 2.66. The molecule has 1 fully saturated rings. The molecule has 1 heterocycles. The Morgan fingerprint density at radius 1 is 1.67 bits per heavy atom. The largest absolute Gasteiger partial charge is 0.305 e. The lowest BCUT2D eigenvalue weighted by Crippen LogP contribution is -2.32. The highest BCUT2D eigenvalue weighted by Gasteiger charge is 2.11. The van der Waals surface area contributed by atoms with Gasteiger partial charge >= 0.3 is 0 Å². The average molecular weight is 147 g/mol. The summed E-state index contributed by atoms with van der Waals surface area (Å²) in [6, 6.07) is 0.591. The Labute approximate surface area is 60.3 Å². The molecule has 0 aromatic rings. The second kappa shape index (κ2) is 4.14. The maximum absolute atomic E-state index is 4.82. The van der Waals surface area contributed by atoms with Gasteiger partial charge in [0.05, 0.1) is 7.11 Å². The maximum atomic E-state index is 4.82. The number of hydrogen-bond donors (Lipinski definition) is 1. The van der Waals surface area contributed by atoms with E-state index in [0.29, 0.717) is 6.04 Å². The molecule has 1 aliphatic rings. The summed E-state index contributed by atoms with van der Waals surface area (Å²) in [5.41, 5.74) is 2.96. The molecule has 0 spiro atoms. The highest BCUT2D eigenvalue weighted by atomic mass is 32.2. The lowest BCUT2D eigenvalue weighted by molar-refractivity contribution is 0.0640. The van der Waals surface area contributed by atoms with E-state index in [1.165, 1.54) is 24.3 Å². The normalized spacial score (nSPS) is 28.3. The molecule has 3 heteroatoms. The summed E-state index contributed by atoms with van der Waals surface area (Å²) in [4.78, 5) is 4.82. The van der Waals surface area contributed by atoms with Crippen LogP contribution in [-0.4, -0.2) is 24.7 Å². The van der Waals surface area contributed by atoms with E-state index in [1.54, 1.807) is 7.11 Å². The van der Waals surface area contributed by atoms with Gasteiger partial charge in [-0.05, 0) is 18.6 Å². The van der Waals surface area contributed by atoms with Gasteiger partial charge in [0, 0.05) is 11.8 Å². The Morgan fingerprint density at radius 3 is 3.11 bits per heavy atom. The van der Waals surface area contributed by atoms with Crippen LogP contribution in [0.15, 0.2) is 0 Å². The molecule has 1 rings (SSSR count). The van der Waals surface area contributed by atoms with Crippen LogP contribution in [0.25, 0.3) is 0 Å². The van der Waals surface area contributed by atoms with Crippen LogP contribution in [0, 0.1) is 0 Å². The molecule has 1 saturated heterocycles. The molecular weight excluding hydrogens is 134 g/mol. The van der Waals surface area contributed by atoms with Gasteiger partial charge in [-0.1, -0.05) is 0 Å². The molecule has 0 aromatic heterocycles. The summed E-state index contributed by atoms with van der Waals surface area (Å²) in [6.45, 7) is 0. The van der Waals surface area contributed by atoms with Crippen molar-refractivity contribution in [3.63, 3.8) is 0 Å². The Bertz CT molecular complexity index is 70.7. The third-order valence-electron chi connectivity index (χ3n) is 1.44. The fourth-order valence-corrected chi connectivity index (χ4v) is 2.06. The summed E-state index contributed by atoms with van der Waals surface area (Å²) >= 11 is 2.00. The minimum absolute atomic E-state index is 0.591. The van der Waals surface area contributed by atoms with E-state index in [1.807, 2.05) is 11.8 Å². The van der Waals surface area contributed by atoms with Crippen molar-refractivity contribution in [3.8, 4) is 0 Å². The van der Waals surface area contributed by atoms with E-state index in [0.717, 1.165) is 0 Å². The first kappa shape index (κ1) is 7.38. The molecule has 1 N–H and O–H groups in total. The van der Waals surface area contributed by atoms with Crippen molar-refractivity contribution in [2.24, 2.45) is 0 Å². The zero-order valence-corrected chi connectivity index (χ0v) is 6.54. The van der Waals surface area contributed by atoms with Gasteiger partial charge in [-0.15, -0.1) is 0 Å². The summed E-state index contributed by atoms with van der Waals surface area (Å²) in [6.07, 6.45) is 2.59. The fourth-order valence-electron chi connectivity index (χ4n) is 1.00. The number of nitrogens with one attached hydrogen (secondary N) is 1. The first-order chi connectivity index (χ1) is 4.43. The summed E-state index contributed by atoms with van der Waals surface area (Å²) < 4.78 is 0. The van der Waals surface area contributed by atoms with Crippen LogP contribution in [0.4, 0.5) is 0 Å². The number of hydroxylamine groups is 1. The van der Waals surface area contributed by atoms with Crippen molar-refractivity contribution in [3.05, 3.63) is 0 Å². The molecule has 1 atom stereocenters. The van der Waals surface area contributed by atoms with E-state index in [2.05, 4.69) is 5.48 Å². The van der Waals surface area contributed by atoms with Gasteiger partial charge < -0.3 is 4.84 Å². The topological polar surface area (TPSA) is 21.3 Å². The molecular formula is C6H13NOS. The van der Waals surface area contributed by atoms with Crippen molar-refractivity contribution in [2.45, 2.75) is 18.9 Å². The third kappa shape index (κ3) is 2.56. The van der Waals surface area contributed by atoms with Gasteiger partial charge in [-0.25, -0.2) is 0 Å². The highest BCUT2D eigenvalue weighted by molar-refractivity contribution is 7.99. The molecule has 0 radical (unpaired) electrons. The molecule has 9 heavy (non-hydrogen) atoms. The zero-order chi connectivity index (χ0) is 6.53. The number of thioether (sulfide) groups is 1. The van der Waals surface area contributed by atoms with Gasteiger partial charge in [0.2, 0.25) is 0 Å². The van der Waals surface area contributed by atoms with Crippen molar-refractivity contribution in [1.82, 2.24) is 5.48 Å². The molecule has 0 amide bonds. The first-order valence-corrected chi connectivity index (χ1v) is 4.45. The van der Waals surface area contributed by atoms with Crippen LogP contribution in [0.3, 0.4) is 0 Å². The second-order valence-corrected chi connectivity index (χ2v) is 3.39. The lowest BCUT2D eigenvalue weighted by atomic mass is 10.2. The van der Waals surface area contributed by atoms with E-state index >= 15 is 0 Å². The van der Waals surface area contributed by atoms with E-state index < -0.39 is 0 Å². The molecule has 0 aromatic carbocycles. The van der Waals surface area contributed by atoms with Gasteiger partial charge in [0.1, 0.15) is 0 Å². The zero-order valence-electron chi connectivity index (χ0n) is 5.72. The quantitative estimate of drug-likeness (QED) is 0.589. The number of rotatable bonds is 2. The van der Waals surface area contributed by atoms with Gasteiger partial charge in [0.25, 0.3) is 0 Å². The molecule has 1 unspecified atom stereocenters. The van der Waals surface area contributed by atoms with Gasteiger partial charge in [-0.3, -0.25) is 0 Å². The summed E-state index contributed by atoms with van der Waals surface area (Å²) in [7, 11) is 1.68. The monoisotopic (exact) mass is 147 g/mol. The molecule has 0 bridgehead atoms. The van der Waals surface area contributed by atoms with Crippen LogP contribution < -0.4 is 5.48 Å². The Kier molecular flexibility index (Phi) is 3.40. The van der Waals surface area contributed by atoms with Gasteiger partial charge in [-0.2, -0.15) is 17.2 Å². The first-order valence-electron chi connectivity index (χ1n) is 3.29. The van der Waals surface area contributed by atoms with E-state index in [-0.39, 0.29) is 0 Å². The van der Waals surface area contributed by atoms with E-state index in [9.17, 15) is 0 Å². The van der Waals surface area contributed by atoms with Crippen LogP contribution in [0.1, 0.15) is 12.8 Å². The fraction of sp³-hybridized carbons (Fsp3) is 1.00. The minimum Gasteiger partial charge on any atom is -0.305 e. The summed E-state index contributed by atoms with van der Waals surface area (Å²) in [5.74, 6) is 2.52. The highest BCUT2D eigenvalue weighted by Crippen LogP contribution is 2.16. The Morgan fingerprint density at radius 2 is 2.56 bits per heavy atom. The smallest absolute Gasteiger partial charge is 0.0572 e.